The molecule has 6 heteroatoms. The maximum absolute atomic E-state index is 13.4. The first kappa shape index (κ1) is 13.1. The number of hydrogen-bond donors (Lipinski definition) is 2. The molecule has 0 atom stereocenters. The SMILES string of the molecule is O=c1[nH]c2cc(F)ccc2c2oc3ccc(-c4cn[nH]c4)cc3c12. The van der Waals surface area contributed by atoms with Crippen molar-refractivity contribution in [2.45, 2.75) is 0 Å². The largest absolute Gasteiger partial charge is 0.455 e. The van der Waals surface area contributed by atoms with Crippen LogP contribution in [0.4, 0.5) is 4.39 Å². The van der Waals surface area contributed by atoms with Gasteiger partial charge in [0.25, 0.3) is 5.56 Å². The van der Waals surface area contributed by atoms with E-state index in [1.807, 2.05) is 18.2 Å². The maximum Gasteiger partial charge on any atom is 0.260 e. The minimum atomic E-state index is -0.407. The smallest absolute Gasteiger partial charge is 0.260 e. The molecule has 116 valence electrons. The number of benzene rings is 2. The molecule has 5 nitrogen and oxygen atoms in total. The summed E-state index contributed by atoms with van der Waals surface area (Å²) < 4.78 is 19.3. The number of pyridine rings is 1. The highest BCUT2D eigenvalue weighted by molar-refractivity contribution is 6.14. The second kappa shape index (κ2) is 4.55. The van der Waals surface area contributed by atoms with Gasteiger partial charge >= 0.3 is 0 Å². The first-order chi connectivity index (χ1) is 11.7. The fourth-order valence-corrected chi connectivity index (χ4v) is 3.10. The first-order valence-corrected chi connectivity index (χ1v) is 7.38. The molecule has 0 aliphatic rings. The molecule has 0 unspecified atom stereocenters. The van der Waals surface area contributed by atoms with Crippen LogP contribution in [0, 0.1) is 5.82 Å². The van der Waals surface area contributed by atoms with Gasteiger partial charge in [-0.2, -0.15) is 5.10 Å². The van der Waals surface area contributed by atoms with Gasteiger partial charge in [-0.1, -0.05) is 6.07 Å². The Hall–Kier alpha value is -3.41. The van der Waals surface area contributed by atoms with Crippen molar-refractivity contribution in [3.8, 4) is 11.1 Å². The molecule has 2 N–H and O–H groups in total. The van der Waals surface area contributed by atoms with Crippen LogP contribution in [-0.4, -0.2) is 15.2 Å². The third kappa shape index (κ3) is 1.73. The Morgan fingerprint density at radius 1 is 1.04 bits per heavy atom. The zero-order valence-corrected chi connectivity index (χ0v) is 12.3. The number of nitrogens with zero attached hydrogens (tertiary/aromatic N) is 1. The van der Waals surface area contributed by atoms with Crippen LogP contribution in [0.5, 0.6) is 0 Å². The summed E-state index contributed by atoms with van der Waals surface area (Å²) in [6.45, 7) is 0. The molecule has 5 aromatic rings. The molecule has 0 bridgehead atoms. The minimum Gasteiger partial charge on any atom is -0.455 e. The van der Waals surface area contributed by atoms with Gasteiger partial charge in [-0.05, 0) is 35.9 Å². The van der Waals surface area contributed by atoms with Crippen molar-refractivity contribution in [3.63, 3.8) is 0 Å². The third-order valence-electron chi connectivity index (χ3n) is 4.22. The first-order valence-electron chi connectivity index (χ1n) is 7.38. The summed E-state index contributed by atoms with van der Waals surface area (Å²) in [6, 6.07) is 9.89. The molecule has 0 aliphatic heterocycles. The fraction of sp³-hybridized carbons (Fsp3) is 0. The van der Waals surface area contributed by atoms with Crippen molar-refractivity contribution >= 4 is 32.8 Å². The highest BCUT2D eigenvalue weighted by atomic mass is 19.1. The molecule has 0 aliphatic carbocycles. The van der Waals surface area contributed by atoms with Crippen LogP contribution >= 0.6 is 0 Å². The quantitative estimate of drug-likeness (QED) is 0.491. The van der Waals surface area contributed by atoms with E-state index in [1.54, 1.807) is 18.5 Å². The fourth-order valence-electron chi connectivity index (χ4n) is 3.10. The van der Waals surface area contributed by atoms with Crippen LogP contribution in [-0.2, 0) is 0 Å². The van der Waals surface area contributed by atoms with Gasteiger partial charge in [0, 0.05) is 22.5 Å². The van der Waals surface area contributed by atoms with E-state index in [4.69, 9.17) is 4.42 Å². The Kier molecular flexibility index (Phi) is 2.48. The lowest BCUT2D eigenvalue weighted by atomic mass is 10.1. The molecular weight excluding hydrogens is 309 g/mol. The zero-order chi connectivity index (χ0) is 16.3. The van der Waals surface area contributed by atoms with Gasteiger partial charge in [0.2, 0.25) is 0 Å². The highest BCUT2D eigenvalue weighted by Crippen LogP contribution is 2.33. The Bertz CT molecular complexity index is 1280. The Morgan fingerprint density at radius 2 is 1.96 bits per heavy atom. The zero-order valence-electron chi connectivity index (χ0n) is 12.3. The number of rotatable bonds is 1. The molecule has 5 rings (SSSR count). The van der Waals surface area contributed by atoms with Gasteiger partial charge in [-0.25, -0.2) is 4.39 Å². The molecular formula is C18H10FN3O2. The van der Waals surface area contributed by atoms with Gasteiger partial charge < -0.3 is 9.40 Å². The molecule has 0 saturated carbocycles. The normalized spacial score (nSPS) is 11.7. The molecule has 24 heavy (non-hydrogen) atoms. The number of hydrogen-bond acceptors (Lipinski definition) is 3. The second-order valence-electron chi connectivity index (χ2n) is 5.65. The van der Waals surface area contributed by atoms with Crippen LogP contribution < -0.4 is 5.56 Å². The summed E-state index contributed by atoms with van der Waals surface area (Å²) in [5.74, 6) is -0.407. The third-order valence-corrected chi connectivity index (χ3v) is 4.22. The number of furan rings is 1. The van der Waals surface area contributed by atoms with Gasteiger partial charge in [-0.3, -0.25) is 9.89 Å². The number of aromatic amines is 2. The molecule has 3 aromatic heterocycles. The van der Waals surface area contributed by atoms with E-state index < -0.39 is 5.82 Å². The van der Waals surface area contributed by atoms with E-state index in [0.717, 1.165) is 16.5 Å². The van der Waals surface area contributed by atoms with E-state index >= 15 is 0 Å². The summed E-state index contributed by atoms with van der Waals surface area (Å²) >= 11 is 0. The van der Waals surface area contributed by atoms with Gasteiger partial charge in [-0.15, -0.1) is 0 Å². The molecule has 3 heterocycles. The van der Waals surface area contributed by atoms with Crippen molar-refractivity contribution in [2.75, 3.05) is 0 Å². The maximum atomic E-state index is 13.4. The van der Waals surface area contributed by atoms with Gasteiger partial charge in [0.05, 0.1) is 17.1 Å². The minimum absolute atomic E-state index is 0.300. The number of halogens is 1. The van der Waals surface area contributed by atoms with Crippen LogP contribution in [0.2, 0.25) is 0 Å². The van der Waals surface area contributed by atoms with Gasteiger partial charge in [0.15, 0.2) is 0 Å². The average Bonchev–Trinajstić information content (AvgIpc) is 3.22. The molecule has 0 spiro atoms. The second-order valence-corrected chi connectivity index (χ2v) is 5.65. The van der Waals surface area contributed by atoms with E-state index in [1.165, 1.54) is 12.1 Å². The Labute approximate surface area is 133 Å². The average molecular weight is 319 g/mol. The standard InChI is InChI=1S/C18H10FN3O2/c19-11-2-3-12-14(6-11)22-18(23)16-13-5-9(10-7-20-21-8-10)1-4-15(13)24-17(12)16/h1-8H,(H,20,21)(H,22,23). The van der Waals surface area contributed by atoms with Crippen LogP contribution in [0.25, 0.3) is 44.0 Å². The molecule has 0 amide bonds. The van der Waals surface area contributed by atoms with Crippen molar-refractivity contribution in [1.82, 2.24) is 15.2 Å². The summed E-state index contributed by atoms with van der Waals surface area (Å²) in [6.07, 6.45) is 3.50. The Morgan fingerprint density at radius 3 is 2.79 bits per heavy atom. The van der Waals surface area contributed by atoms with Gasteiger partial charge in [0.1, 0.15) is 17.0 Å². The molecule has 0 saturated heterocycles. The van der Waals surface area contributed by atoms with Crippen LogP contribution in [0.15, 0.2) is 58.0 Å². The summed E-state index contributed by atoms with van der Waals surface area (Å²) in [5, 5.41) is 8.57. The number of fused-ring (bicyclic) bond motifs is 5. The lowest BCUT2D eigenvalue weighted by Gasteiger charge is -1.99. The van der Waals surface area contributed by atoms with Crippen LogP contribution in [0.1, 0.15) is 0 Å². The Balaban J connectivity index is 1.93. The number of aromatic nitrogens is 3. The number of nitrogens with one attached hydrogen (secondary N) is 2. The van der Waals surface area contributed by atoms with E-state index in [0.29, 0.717) is 27.5 Å². The van der Waals surface area contributed by atoms with E-state index in [9.17, 15) is 9.18 Å². The van der Waals surface area contributed by atoms with E-state index in [-0.39, 0.29) is 5.56 Å². The number of H-pyrrole nitrogens is 2. The molecule has 0 radical (unpaired) electrons. The predicted octanol–water partition coefficient (Wildman–Crippen LogP) is 3.96. The summed E-state index contributed by atoms with van der Waals surface area (Å²) in [4.78, 5) is 15.3. The molecule has 2 aromatic carbocycles. The van der Waals surface area contributed by atoms with Crippen LogP contribution in [0.3, 0.4) is 0 Å². The van der Waals surface area contributed by atoms with Crippen molar-refractivity contribution < 1.29 is 8.81 Å². The topological polar surface area (TPSA) is 74.7 Å². The summed E-state index contributed by atoms with van der Waals surface area (Å²) in [5.41, 5.74) is 3.04. The highest BCUT2D eigenvalue weighted by Gasteiger charge is 2.15. The lowest BCUT2D eigenvalue weighted by Crippen LogP contribution is -2.05. The lowest BCUT2D eigenvalue weighted by molar-refractivity contribution is 0.629. The van der Waals surface area contributed by atoms with Crippen molar-refractivity contribution in [3.05, 3.63) is 65.0 Å². The van der Waals surface area contributed by atoms with E-state index in [2.05, 4.69) is 15.2 Å². The van der Waals surface area contributed by atoms with Crippen molar-refractivity contribution in [1.29, 1.82) is 0 Å². The predicted molar refractivity (Wildman–Crippen MR) is 89.4 cm³/mol. The summed E-state index contributed by atoms with van der Waals surface area (Å²) in [7, 11) is 0. The monoisotopic (exact) mass is 319 g/mol. The molecule has 0 fully saturated rings. The van der Waals surface area contributed by atoms with Crippen molar-refractivity contribution in [2.24, 2.45) is 0 Å².